The van der Waals surface area contributed by atoms with Gasteiger partial charge in [0.2, 0.25) is 5.91 Å². The number of hydrogen-bond acceptors (Lipinski definition) is 4. The lowest BCUT2D eigenvalue weighted by atomic mass is 9.55. The number of benzene rings is 1. The molecule has 4 aliphatic rings. The lowest BCUT2D eigenvalue weighted by Crippen LogP contribution is -2.46. The zero-order valence-electron chi connectivity index (χ0n) is 13.5. The lowest BCUT2D eigenvalue weighted by molar-refractivity contribution is -0.384. The normalized spacial score (nSPS) is 30.2. The summed E-state index contributed by atoms with van der Waals surface area (Å²) in [6.45, 7) is 0. The van der Waals surface area contributed by atoms with Gasteiger partial charge in [-0.15, -0.1) is 0 Å². The number of nitrogens with one attached hydrogen (secondary N) is 1. The molecule has 0 heterocycles. The van der Waals surface area contributed by atoms with Crippen LogP contribution in [0, 0.1) is 33.8 Å². The first kappa shape index (κ1) is 15.3. The fourth-order valence-electron chi connectivity index (χ4n) is 4.94. The van der Waals surface area contributed by atoms with Crippen molar-refractivity contribution in [3.05, 3.63) is 39.9 Å². The Bertz CT molecular complexity index is 666. The molecule has 6 heteroatoms. The predicted octanol–water partition coefficient (Wildman–Crippen LogP) is 3.07. The third-order valence-corrected chi connectivity index (χ3v) is 5.80. The number of carbonyl (C=O) groups is 1. The Morgan fingerprint density at radius 3 is 2.21 bits per heavy atom. The van der Waals surface area contributed by atoms with Crippen LogP contribution in [0.1, 0.15) is 37.7 Å². The number of hydrazone groups is 1. The molecule has 0 unspecified atom stereocenters. The summed E-state index contributed by atoms with van der Waals surface area (Å²) in [5.41, 5.74) is 4.71. The Morgan fingerprint density at radius 2 is 1.67 bits per heavy atom. The minimum Gasteiger partial charge on any atom is -0.273 e. The molecule has 4 bridgehead atoms. The Labute approximate surface area is 140 Å². The maximum Gasteiger partial charge on any atom is 0.269 e. The minimum atomic E-state index is -0.442. The molecular weight excluding hydrogens is 306 g/mol. The second-order valence-electron chi connectivity index (χ2n) is 7.48. The average molecular weight is 327 g/mol. The quantitative estimate of drug-likeness (QED) is 0.681. The van der Waals surface area contributed by atoms with Gasteiger partial charge in [0, 0.05) is 17.8 Å². The number of hydrogen-bond donors (Lipinski definition) is 1. The van der Waals surface area contributed by atoms with Crippen LogP contribution in [0.25, 0.3) is 0 Å². The van der Waals surface area contributed by atoms with E-state index in [1.54, 1.807) is 12.1 Å². The van der Waals surface area contributed by atoms with Crippen molar-refractivity contribution in [2.75, 3.05) is 0 Å². The SMILES string of the molecule is O=C(Cc1ccc([N+](=O)[O-])cc1)NN=C1C2CC3CC(C2)CC1C3. The molecule has 0 spiro atoms. The van der Waals surface area contributed by atoms with Gasteiger partial charge in [-0.1, -0.05) is 12.1 Å². The van der Waals surface area contributed by atoms with Crippen molar-refractivity contribution < 1.29 is 9.72 Å². The van der Waals surface area contributed by atoms with Gasteiger partial charge in [-0.2, -0.15) is 5.10 Å². The molecule has 1 aromatic rings. The highest BCUT2D eigenvalue weighted by atomic mass is 16.6. The Balaban J connectivity index is 1.37. The molecule has 4 aliphatic carbocycles. The van der Waals surface area contributed by atoms with Gasteiger partial charge in [-0.05, 0) is 61.3 Å². The van der Waals surface area contributed by atoms with Crippen LogP contribution in [-0.4, -0.2) is 16.5 Å². The summed E-state index contributed by atoms with van der Waals surface area (Å²) in [6.07, 6.45) is 6.55. The molecule has 0 atom stereocenters. The van der Waals surface area contributed by atoms with E-state index in [1.165, 1.54) is 49.9 Å². The highest BCUT2D eigenvalue weighted by Crippen LogP contribution is 2.52. The van der Waals surface area contributed by atoms with Gasteiger partial charge >= 0.3 is 0 Å². The van der Waals surface area contributed by atoms with E-state index < -0.39 is 4.92 Å². The number of nitro benzene ring substituents is 1. The predicted molar refractivity (Wildman–Crippen MR) is 89.4 cm³/mol. The van der Waals surface area contributed by atoms with Crippen LogP contribution in [0.4, 0.5) is 5.69 Å². The van der Waals surface area contributed by atoms with Gasteiger partial charge in [-0.25, -0.2) is 5.43 Å². The fraction of sp³-hybridized carbons (Fsp3) is 0.556. The van der Waals surface area contributed by atoms with Gasteiger partial charge in [0.25, 0.3) is 5.69 Å². The summed E-state index contributed by atoms with van der Waals surface area (Å²) >= 11 is 0. The van der Waals surface area contributed by atoms with Crippen molar-refractivity contribution in [3.8, 4) is 0 Å². The van der Waals surface area contributed by atoms with E-state index in [2.05, 4.69) is 10.5 Å². The first-order valence-corrected chi connectivity index (χ1v) is 8.68. The number of rotatable bonds is 4. The third-order valence-electron chi connectivity index (χ3n) is 5.80. The molecule has 0 saturated heterocycles. The summed E-state index contributed by atoms with van der Waals surface area (Å²) in [6, 6.07) is 6.08. The van der Waals surface area contributed by atoms with Gasteiger partial charge < -0.3 is 0 Å². The van der Waals surface area contributed by atoms with Crippen molar-refractivity contribution in [2.24, 2.45) is 28.8 Å². The third kappa shape index (κ3) is 2.92. The minimum absolute atomic E-state index is 0.0352. The maximum absolute atomic E-state index is 12.1. The summed E-state index contributed by atoms with van der Waals surface area (Å²) in [4.78, 5) is 22.3. The van der Waals surface area contributed by atoms with Crippen molar-refractivity contribution >= 4 is 17.3 Å². The molecule has 0 aromatic heterocycles. The van der Waals surface area contributed by atoms with Crippen LogP contribution in [0.3, 0.4) is 0 Å². The standard InChI is InChI=1S/C18H21N3O3/c22-17(10-11-1-3-16(4-2-11)21(23)24)19-20-18-14-6-12-5-13(8-14)9-15(18)7-12/h1-4,12-15H,5-10H2,(H,19,22). The molecule has 1 N–H and O–H groups in total. The Kier molecular flexibility index (Phi) is 3.82. The summed E-state index contributed by atoms with van der Waals surface area (Å²) < 4.78 is 0. The summed E-state index contributed by atoms with van der Waals surface area (Å²) in [5.74, 6) is 2.73. The van der Waals surface area contributed by atoms with E-state index in [-0.39, 0.29) is 18.0 Å². The second kappa shape index (κ2) is 6.00. The maximum atomic E-state index is 12.1. The van der Waals surface area contributed by atoms with E-state index in [4.69, 9.17) is 0 Å². The van der Waals surface area contributed by atoms with Crippen LogP contribution >= 0.6 is 0 Å². The van der Waals surface area contributed by atoms with Gasteiger partial charge in [0.15, 0.2) is 0 Å². The summed E-state index contributed by atoms with van der Waals surface area (Å²) in [7, 11) is 0. The number of amides is 1. The number of nitro groups is 1. The van der Waals surface area contributed by atoms with Crippen molar-refractivity contribution in [2.45, 2.75) is 38.5 Å². The highest BCUT2D eigenvalue weighted by molar-refractivity contribution is 5.92. The molecule has 0 aliphatic heterocycles. The fourth-order valence-corrected chi connectivity index (χ4v) is 4.94. The first-order valence-electron chi connectivity index (χ1n) is 8.68. The van der Waals surface area contributed by atoms with Crippen LogP contribution in [0.2, 0.25) is 0 Å². The number of carbonyl (C=O) groups excluding carboxylic acids is 1. The van der Waals surface area contributed by atoms with Crippen molar-refractivity contribution in [1.29, 1.82) is 0 Å². The van der Waals surface area contributed by atoms with E-state index in [9.17, 15) is 14.9 Å². The lowest BCUT2D eigenvalue weighted by Gasteiger charge is -2.50. The smallest absolute Gasteiger partial charge is 0.269 e. The Hall–Kier alpha value is -2.24. The first-order chi connectivity index (χ1) is 11.6. The van der Waals surface area contributed by atoms with E-state index >= 15 is 0 Å². The second-order valence-corrected chi connectivity index (χ2v) is 7.48. The van der Waals surface area contributed by atoms with Crippen molar-refractivity contribution in [3.63, 3.8) is 0 Å². The molecule has 24 heavy (non-hydrogen) atoms. The van der Waals surface area contributed by atoms with E-state index in [1.807, 2.05) is 0 Å². The molecule has 4 fully saturated rings. The molecule has 5 rings (SSSR count). The molecule has 4 saturated carbocycles. The Morgan fingerprint density at radius 1 is 1.08 bits per heavy atom. The van der Waals surface area contributed by atoms with Crippen LogP contribution < -0.4 is 5.43 Å². The van der Waals surface area contributed by atoms with E-state index in [0.717, 1.165) is 17.4 Å². The summed E-state index contributed by atoms with van der Waals surface area (Å²) in [5, 5.41) is 15.1. The zero-order chi connectivity index (χ0) is 16.7. The number of nitrogens with zero attached hydrogens (tertiary/aromatic N) is 2. The van der Waals surface area contributed by atoms with E-state index in [0.29, 0.717) is 11.8 Å². The van der Waals surface area contributed by atoms with Gasteiger partial charge in [-0.3, -0.25) is 14.9 Å². The average Bonchev–Trinajstić information content (AvgIpc) is 2.54. The molecule has 0 radical (unpaired) electrons. The monoisotopic (exact) mass is 327 g/mol. The molecule has 6 nitrogen and oxygen atoms in total. The van der Waals surface area contributed by atoms with Crippen LogP contribution in [-0.2, 0) is 11.2 Å². The molecule has 126 valence electrons. The van der Waals surface area contributed by atoms with Gasteiger partial charge in [0.1, 0.15) is 0 Å². The van der Waals surface area contributed by atoms with Crippen LogP contribution in [0.15, 0.2) is 29.4 Å². The van der Waals surface area contributed by atoms with Crippen molar-refractivity contribution in [1.82, 2.24) is 5.43 Å². The molecule has 1 amide bonds. The largest absolute Gasteiger partial charge is 0.273 e. The highest BCUT2D eigenvalue weighted by Gasteiger charge is 2.46. The topological polar surface area (TPSA) is 84.6 Å². The molecular formula is C18H21N3O3. The molecule has 1 aromatic carbocycles. The number of non-ortho nitro benzene ring substituents is 1. The van der Waals surface area contributed by atoms with Crippen LogP contribution in [0.5, 0.6) is 0 Å². The zero-order valence-corrected chi connectivity index (χ0v) is 13.5. The van der Waals surface area contributed by atoms with Gasteiger partial charge in [0.05, 0.1) is 11.3 Å².